The number of pyridine rings is 1. The lowest BCUT2D eigenvalue weighted by Crippen LogP contribution is -2.27. The van der Waals surface area contributed by atoms with E-state index in [9.17, 15) is 14.4 Å². The Morgan fingerprint density at radius 1 is 1.03 bits per heavy atom. The maximum atomic E-state index is 13.1. The maximum Gasteiger partial charge on any atom is 0.419 e. The lowest BCUT2D eigenvalue weighted by atomic mass is 10.1. The smallest absolute Gasteiger partial charge is 0.419 e. The third kappa shape index (κ3) is 5.11. The van der Waals surface area contributed by atoms with Crippen LogP contribution in [-0.2, 0) is 9.53 Å². The summed E-state index contributed by atoms with van der Waals surface area (Å²) in [6.45, 7) is 7.17. The van der Waals surface area contributed by atoms with Crippen molar-refractivity contribution in [3.8, 4) is 0 Å². The highest BCUT2D eigenvalue weighted by atomic mass is 16.6. The first-order valence-electron chi connectivity index (χ1n) is 11.2. The fourth-order valence-corrected chi connectivity index (χ4v) is 3.87. The molecule has 2 heterocycles. The summed E-state index contributed by atoms with van der Waals surface area (Å²) in [7, 11) is 0. The van der Waals surface area contributed by atoms with E-state index in [1.165, 1.54) is 22.2 Å². The number of fused-ring (bicyclic) bond motifs is 3. The molecule has 0 saturated carbocycles. The molecule has 184 valence electrons. The zero-order valence-electron chi connectivity index (χ0n) is 20.3. The molecule has 9 heteroatoms. The molecule has 0 atom stereocenters. The van der Waals surface area contributed by atoms with Crippen LogP contribution in [0.2, 0.25) is 0 Å². The van der Waals surface area contributed by atoms with Crippen LogP contribution in [0, 0.1) is 6.92 Å². The molecule has 9 nitrogen and oxygen atoms in total. The molecule has 4 aromatic rings. The zero-order chi connectivity index (χ0) is 26.0. The normalized spacial score (nSPS) is 11.7. The fraction of sp³-hybridized carbons (Fsp3) is 0.185. The summed E-state index contributed by atoms with van der Waals surface area (Å²) in [6.07, 6.45) is 2.20. The summed E-state index contributed by atoms with van der Waals surface area (Å²) >= 11 is 0. The van der Waals surface area contributed by atoms with Gasteiger partial charge in [-0.3, -0.25) is 14.8 Å². The SMILES string of the molecule is Cc1nc(C(=O)Nc2ccc(/C=C/C(=O)NO)cc2)cc2c3ccccc3n(C(=O)OC(C)(C)C)c12. The molecule has 0 aliphatic carbocycles. The van der Waals surface area contributed by atoms with Gasteiger partial charge in [-0.1, -0.05) is 30.3 Å². The van der Waals surface area contributed by atoms with Crippen LogP contribution >= 0.6 is 0 Å². The van der Waals surface area contributed by atoms with Crippen molar-refractivity contribution >= 4 is 51.5 Å². The van der Waals surface area contributed by atoms with Crippen LogP contribution < -0.4 is 10.8 Å². The Balaban J connectivity index is 1.68. The third-order valence-electron chi connectivity index (χ3n) is 5.34. The van der Waals surface area contributed by atoms with E-state index in [0.717, 1.165) is 10.8 Å². The molecule has 0 radical (unpaired) electrons. The second-order valence-corrected chi connectivity index (χ2v) is 9.21. The number of hydroxylamine groups is 1. The van der Waals surface area contributed by atoms with Crippen molar-refractivity contribution < 1.29 is 24.3 Å². The van der Waals surface area contributed by atoms with Crippen molar-refractivity contribution in [1.29, 1.82) is 0 Å². The van der Waals surface area contributed by atoms with Crippen LogP contribution in [0.3, 0.4) is 0 Å². The van der Waals surface area contributed by atoms with Gasteiger partial charge in [0.15, 0.2) is 0 Å². The van der Waals surface area contributed by atoms with Gasteiger partial charge in [0.1, 0.15) is 11.3 Å². The molecule has 0 aliphatic heterocycles. The average Bonchev–Trinajstić information content (AvgIpc) is 3.17. The Labute approximate surface area is 207 Å². The highest BCUT2D eigenvalue weighted by Gasteiger charge is 2.24. The molecular formula is C27H26N4O5. The predicted octanol–water partition coefficient (Wildman–Crippen LogP) is 5.05. The van der Waals surface area contributed by atoms with E-state index in [1.807, 2.05) is 24.3 Å². The van der Waals surface area contributed by atoms with E-state index in [1.54, 1.807) is 58.0 Å². The van der Waals surface area contributed by atoms with Crippen molar-refractivity contribution in [3.63, 3.8) is 0 Å². The first kappa shape index (κ1) is 24.6. The molecule has 0 aliphatic rings. The Kier molecular flexibility index (Phi) is 6.59. The van der Waals surface area contributed by atoms with Crippen LogP contribution in [0.5, 0.6) is 0 Å². The standard InChI is InChI=1S/C27H26N4O5/c1-16-24-20(19-7-5-6-8-22(19)31(24)26(34)36-27(2,3)4)15-21(28-16)25(33)29-18-12-9-17(10-13-18)11-14-23(32)30-35/h5-15,35H,1-4H3,(H,29,33)(H,30,32)/b14-11+. The summed E-state index contributed by atoms with van der Waals surface area (Å²) < 4.78 is 7.14. The van der Waals surface area contributed by atoms with E-state index >= 15 is 0 Å². The first-order chi connectivity index (χ1) is 17.1. The zero-order valence-corrected chi connectivity index (χ0v) is 20.3. The van der Waals surface area contributed by atoms with Crippen LogP contribution in [0.1, 0.15) is 42.5 Å². The maximum absolute atomic E-state index is 13.1. The molecule has 0 spiro atoms. The number of aromatic nitrogens is 2. The average molecular weight is 487 g/mol. The molecule has 0 fully saturated rings. The number of hydrogen-bond acceptors (Lipinski definition) is 6. The molecule has 36 heavy (non-hydrogen) atoms. The minimum Gasteiger partial charge on any atom is -0.443 e. The number of nitrogens with zero attached hydrogens (tertiary/aromatic N) is 2. The van der Waals surface area contributed by atoms with Gasteiger partial charge < -0.3 is 10.1 Å². The predicted molar refractivity (Wildman–Crippen MR) is 137 cm³/mol. The molecule has 0 unspecified atom stereocenters. The number of benzene rings is 2. The highest BCUT2D eigenvalue weighted by Crippen LogP contribution is 2.32. The number of aryl methyl sites for hydroxylation is 1. The van der Waals surface area contributed by atoms with Gasteiger partial charge >= 0.3 is 6.09 Å². The molecular weight excluding hydrogens is 460 g/mol. The number of nitrogens with one attached hydrogen (secondary N) is 2. The van der Waals surface area contributed by atoms with Crippen molar-refractivity contribution in [2.24, 2.45) is 0 Å². The van der Waals surface area contributed by atoms with Gasteiger partial charge in [0.05, 0.1) is 16.7 Å². The number of carbonyl (C=O) groups excluding carboxylic acids is 3. The van der Waals surface area contributed by atoms with E-state index in [-0.39, 0.29) is 5.69 Å². The minimum absolute atomic E-state index is 0.204. The molecule has 2 aromatic heterocycles. The minimum atomic E-state index is -0.674. The van der Waals surface area contributed by atoms with Gasteiger partial charge in [0, 0.05) is 22.5 Å². The lowest BCUT2D eigenvalue weighted by Gasteiger charge is -2.20. The van der Waals surface area contributed by atoms with Crippen molar-refractivity contribution in [2.75, 3.05) is 5.32 Å². The number of amides is 2. The Morgan fingerprint density at radius 3 is 2.39 bits per heavy atom. The van der Waals surface area contributed by atoms with Crippen LogP contribution in [0.25, 0.3) is 27.9 Å². The van der Waals surface area contributed by atoms with Gasteiger partial charge in [-0.15, -0.1) is 0 Å². The molecule has 4 rings (SSSR count). The Bertz CT molecular complexity index is 1510. The van der Waals surface area contributed by atoms with Gasteiger partial charge in [0.2, 0.25) is 0 Å². The van der Waals surface area contributed by atoms with E-state index < -0.39 is 23.5 Å². The van der Waals surface area contributed by atoms with Gasteiger partial charge in [-0.25, -0.2) is 19.8 Å². The highest BCUT2D eigenvalue weighted by molar-refractivity contribution is 6.15. The van der Waals surface area contributed by atoms with Crippen molar-refractivity contribution in [3.05, 3.63) is 77.6 Å². The second-order valence-electron chi connectivity index (χ2n) is 9.21. The topological polar surface area (TPSA) is 123 Å². The van der Waals surface area contributed by atoms with E-state index in [0.29, 0.717) is 28.0 Å². The Morgan fingerprint density at radius 2 is 1.72 bits per heavy atom. The molecule has 2 aromatic carbocycles. The molecule has 0 saturated heterocycles. The van der Waals surface area contributed by atoms with Crippen molar-refractivity contribution in [1.82, 2.24) is 15.0 Å². The second kappa shape index (κ2) is 9.63. The van der Waals surface area contributed by atoms with Gasteiger partial charge in [0.25, 0.3) is 11.8 Å². The number of rotatable bonds is 4. The number of hydrogen-bond donors (Lipinski definition) is 3. The van der Waals surface area contributed by atoms with Gasteiger partial charge in [-0.2, -0.15) is 0 Å². The molecule has 0 bridgehead atoms. The Hall–Kier alpha value is -4.50. The first-order valence-corrected chi connectivity index (χ1v) is 11.2. The van der Waals surface area contributed by atoms with Crippen LogP contribution in [0.15, 0.2) is 60.7 Å². The quantitative estimate of drug-likeness (QED) is 0.211. The number of carbonyl (C=O) groups is 3. The largest absolute Gasteiger partial charge is 0.443 e. The summed E-state index contributed by atoms with van der Waals surface area (Å²) in [4.78, 5) is 41.7. The van der Waals surface area contributed by atoms with Crippen molar-refractivity contribution in [2.45, 2.75) is 33.3 Å². The molecule has 2 amide bonds. The monoisotopic (exact) mass is 486 g/mol. The number of anilines is 1. The fourth-order valence-electron chi connectivity index (χ4n) is 3.87. The summed E-state index contributed by atoms with van der Waals surface area (Å²) in [5.41, 5.74) is 4.07. The lowest BCUT2D eigenvalue weighted by molar-refractivity contribution is -0.124. The number of para-hydroxylation sites is 1. The number of ether oxygens (including phenoxy) is 1. The summed E-state index contributed by atoms with van der Waals surface area (Å²) in [5.74, 6) is -1.05. The molecule has 3 N–H and O–H groups in total. The third-order valence-corrected chi connectivity index (χ3v) is 5.34. The summed E-state index contributed by atoms with van der Waals surface area (Å²) in [5, 5.41) is 12.9. The van der Waals surface area contributed by atoms with Gasteiger partial charge in [-0.05, 0) is 63.6 Å². The van der Waals surface area contributed by atoms with E-state index in [2.05, 4.69) is 10.3 Å². The van der Waals surface area contributed by atoms with Crippen LogP contribution in [-0.4, -0.2) is 38.3 Å². The summed E-state index contributed by atoms with van der Waals surface area (Å²) in [6, 6.07) is 15.9. The van der Waals surface area contributed by atoms with Crippen LogP contribution in [0.4, 0.5) is 10.5 Å². The van der Waals surface area contributed by atoms with E-state index in [4.69, 9.17) is 9.94 Å².